The van der Waals surface area contributed by atoms with Crippen LogP contribution in [0.15, 0.2) is 28.0 Å². The van der Waals surface area contributed by atoms with Crippen molar-refractivity contribution in [2.75, 3.05) is 30.4 Å². The van der Waals surface area contributed by atoms with Crippen LogP contribution < -0.4 is 10.2 Å². The number of thioether (sulfide) groups is 1. The van der Waals surface area contributed by atoms with Crippen LogP contribution in [-0.2, 0) is 5.75 Å². The molecule has 0 unspecified atom stereocenters. The number of hydrogen-bond acceptors (Lipinski definition) is 7. The van der Waals surface area contributed by atoms with Crippen LogP contribution in [0.4, 0.5) is 11.9 Å². The van der Waals surface area contributed by atoms with E-state index >= 15 is 0 Å². The summed E-state index contributed by atoms with van der Waals surface area (Å²) in [6, 6.07) is 3.84. The van der Waals surface area contributed by atoms with Crippen molar-refractivity contribution in [1.82, 2.24) is 15.0 Å². The van der Waals surface area contributed by atoms with Gasteiger partial charge in [0.05, 0.1) is 12.0 Å². The third-order valence-corrected chi connectivity index (χ3v) is 4.01. The Morgan fingerprint density at radius 1 is 1.30 bits per heavy atom. The quantitative estimate of drug-likeness (QED) is 0.848. The molecular weight excluding hydrogens is 274 g/mol. The van der Waals surface area contributed by atoms with E-state index in [1.54, 1.807) is 18.0 Å². The van der Waals surface area contributed by atoms with E-state index in [0.29, 0.717) is 5.95 Å². The van der Waals surface area contributed by atoms with E-state index in [4.69, 9.17) is 4.42 Å². The van der Waals surface area contributed by atoms with E-state index in [9.17, 15) is 0 Å². The summed E-state index contributed by atoms with van der Waals surface area (Å²) >= 11 is 1.56. The molecule has 106 valence electrons. The molecule has 1 aliphatic rings. The Labute approximate surface area is 122 Å². The van der Waals surface area contributed by atoms with Crippen molar-refractivity contribution < 1.29 is 4.42 Å². The average molecular weight is 291 g/mol. The summed E-state index contributed by atoms with van der Waals surface area (Å²) in [5.74, 6) is 3.02. The monoisotopic (exact) mass is 291 g/mol. The van der Waals surface area contributed by atoms with Gasteiger partial charge in [-0.1, -0.05) is 11.8 Å². The summed E-state index contributed by atoms with van der Waals surface area (Å²) in [5.41, 5.74) is 0. The zero-order valence-electron chi connectivity index (χ0n) is 11.4. The molecule has 0 saturated carbocycles. The van der Waals surface area contributed by atoms with Crippen molar-refractivity contribution in [1.29, 1.82) is 0 Å². The molecule has 0 aliphatic carbocycles. The topological polar surface area (TPSA) is 67.1 Å². The zero-order valence-corrected chi connectivity index (χ0v) is 12.2. The Hall–Kier alpha value is -1.76. The van der Waals surface area contributed by atoms with Crippen molar-refractivity contribution in [3.63, 3.8) is 0 Å². The predicted molar refractivity (Wildman–Crippen MR) is 79.1 cm³/mol. The highest BCUT2D eigenvalue weighted by molar-refractivity contribution is 7.98. The number of anilines is 2. The zero-order chi connectivity index (χ0) is 13.8. The molecule has 6 nitrogen and oxygen atoms in total. The standard InChI is InChI=1S/C13H17N5OS/c1-14-11-15-12(18-6-2-3-7-18)17-13(16-11)20-9-10-5-4-8-19-10/h4-5,8H,2-3,6-7,9H2,1H3,(H,14,15,16,17). The van der Waals surface area contributed by atoms with Crippen molar-refractivity contribution in [3.8, 4) is 0 Å². The first kappa shape index (κ1) is 13.2. The number of furan rings is 1. The van der Waals surface area contributed by atoms with Crippen LogP contribution in [-0.4, -0.2) is 35.1 Å². The summed E-state index contributed by atoms with van der Waals surface area (Å²) in [6.07, 6.45) is 4.09. The maximum absolute atomic E-state index is 5.32. The van der Waals surface area contributed by atoms with Crippen molar-refractivity contribution in [3.05, 3.63) is 24.2 Å². The van der Waals surface area contributed by atoms with E-state index in [-0.39, 0.29) is 0 Å². The lowest BCUT2D eigenvalue weighted by Crippen LogP contribution is -2.21. The second kappa shape index (κ2) is 6.13. The minimum Gasteiger partial charge on any atom is -0.468 e. The maximum Gasteiger partial charge on any atom is 0.231 e. The minimum atomic E-state index is 0.615. The van der Waals surface area contributed by atoms with Crippen molar-refractivity contribution in [2.45, 2.75) is 23.8 Å². The van der Waals surface area contributed by atoms with Gasteiger partial charge in [0.15, 0.2) is 5.16 Å². The third-order valence-electron chi connectivity index (χ3n) is 3.14. The average Bonchev–Trinajstić information content (AvgIpc) is 3.17. The molecule has 1 saturated heterocycles. The normalized spacial score (nSPS) is 14.8. The van der Waals surface area contributed by atoms with Crippen LogP contribution in [0.1, 0.15) is 18.6 Å². The van der Waals surface area contributed by atoms with Gasteiger partial charge in [0.2, 0.25) is 11.9 Å². The number of nitrogens with zero attached hydrogens (tertiary/aromatic N) is 4. The number of rotatable bonds is 5. The molecule has 2 aromatic rings. The maximum atomic E-state index is 5.32. The molecule has 1 aliphatic heterocycles. The van der Waals surface area contributed by atoms with Gasteiger partial charge in [-0.15, -0.1) is 0 Å². The first-order valence-electron chi connectivity index (χ1n) is 6.69. The van der Waals surface area contributed by atoms with Gasteiger partial charge in [-0.3, -0.25) is 0 Å². The lowest BCUT2D eigenvalue weighted by molar-refractivity contribution is 0.530. The third kappa shape index (κ3) is 3.04. The predicted octanol–water partition coefficient (Wildman–Crippen LogP) is 2.40. The lowest BCUT2D eigenvalue weighted by Gasteiger charge is -2.16. The van der Waals surface area contributed by atoms with Crippen molar-refractivity contribution in [2.24, 2.45) is 0 Å². The van der Waals surface area contributed by atoms with Crippen LogP contribution in [0, 0.1) is 0 Å². The first-order valence-corrected chi connectivity index (χ1v) is 7.67. The fourth-order valence-electron chi connectivity index (χ4n) is 2.11. The second-order valence-electron chi connectivity index (χ2n) is 4.55. The lowest BCUT2D eigenvalue weighted by atomic mass is 10.4. The van der Waals surface area contributed by atoms with E-state index in [0.717, 1.165) is 35.7 Å². The molecule has 0 aromatic carbocycles. The molecule has 0 spiro atoms. The van der Waals surface area contributed by atoms with E-state index in [1.165, 1.54) is 12.8 Å². The summed E-state index contributed by atoms with van der Waals surface area (Å²) in [4.78, 5) is 15.6. The van der Waals surface area contributed by atoms with Gasteiger partial charge >= 0.3 is 0 Å². The van der Waals surface area contributed by atoms with Crippen LogP contribution in [0.2, 0.25) is 0 Å². The Morgan fingerprint density at radius 3 is 2.85 bits per heavy atom. The highest BCUT2D eigenvalue weighted by Crippen LogP contribution is 2.24. The molecule has 3 rings (SSSR count). The molecular formula is C13H17N5OS. The summed E-state index contributed by atoms with van der Waals surface area (Å²) in [6.45, 7) is 2.05. The van der Waals surface area contributed by atoms with Gasteiger partial charge in [-0.2, -0.15) is 15.0 Å². The van der Waals surface area contributed by atoms with Crippen molar-refractivity contribution >= 4 is 23.7 Å². The summed E-state index contributed by atoms with van der Waals surface area (Å²) in [5, 5.41) is 3.72. The first-order chi connectivity index (χ1) is 9.85. The molecule has 1 fully saturated rings. The van der Waals surface area contributed by atoms with Crippen LogP contribution in [0.5, 0.6) is 0 Å². The molecule has 3 heterocycles. The van der Waals surface area contributed by atoms with Crippen LogP contribution >= 0.6 is 11.8 Å². The number of nitrogens with one attached hydrogen (secondary N) is 1. The molecule has 20 heavy (non-hydrogen) atoms. The highest BCUT2D eigenvalue weighted by Gasteiger charge is 2.17. The van der Waals surface area contributed by atoms with Gasteiger partial charge < -0.3 is 14.6 Å². The van der Waals surface area contributed by atoms with Gasteiger partial charge in [0, 0.05) is 20.1 Å². The molecule has 1 N–H and O–H groups in total. The van der Waals surface area contributed by atoms with Crippen LogP contribution in [0.3, 0.4) is 0 Å². The van der Waals surface area contributed by atoms with Crippen LogP contribution in [0.25, 0.3) is 0 Å². The van der Waals surface area contributed by atoms with Gasteiger partial charge in [0.25, 0.3) is 0 Å². The fraction of sp³-hybridized carbons (Fsp3) is 0.462. The van der Waals surface area contributed by atoms with Gasteiger partial charge in [-0.25, -0.2) is 0 Å². The molecule has 0 bridgehead atoms. The minimum absolute atomic E-state index is 0.615. The molecule has 0 atom stereocenters. The summed E-state index contributed by atoms with van der Waals surface area (Å²) < 4.78 is 5.32. The Balaban J connectivity index is 1.76. The smallest absolute Gasteiger partial charge is 0.231 e. The van der Waals surface area contributed by atoms with Gasteiger partial charge in [0.1, 0.15) is 5.76 Å². The van der Waals surface area contributed by atoms with E-state index in [1.807, 2.05) is 19.2 Å². The fourth-order valence-corrected chi connectivity index (χ4v) is 2.84. The Bertz CT molecular complexity index is 554. The van der Waals surface area contributed by atoms with Gasteiger partial charge in [-0.05, 0) is 25.0 Å². The highest BCUT2D eigenvalue weighted by atomic mass is 32.2. The Kier molecular flexibility index (Phi) is 4.05. The second-order valence-corrected chi connectivity index (χ2v) is 5.50. The molecule has 0 radical (unpaired) electrons. The SMILES string of the molecule is CNc1nc(SCc2ccco2)nc(N2CCCC2)n1. The van der Waals surface area contributed by atoms with E-state index < -0.39 is 0 Å². The Morgan fingerprint density at radius 2 is 2.15 bits per heavy atom. The number of aromatic nitrogens is 3. The molecule has 7 heteroatoms. The molecule has 2 aromatic heterocycles. The van der Waals surface area contributed by atoms with E-state index in [2.05, 4.69) is 25.2 Å². The summed E-state index contributed by atoms with van der Waals surface area (Å²) in [7, 11) is 1.82. The largest absolute Gasteiger partial charge is 0.468 e. The molecule has 0 amide bonds. The number of hydrogen-bond donors (Lipinski definition) is 1.